The number of nitriles is 1. The number of hydrogen-bond donors (Lipinski definition) is 0. The summed E-state index contributed by atoms with van der Waals surface area (Å²) in [6.07, 6.45) is 21.3. The molecule has 0 N–H and O–H groups in total. The Balaban J connectivity index is 1.39. The largest absolute Gasteiger partial charge is 0.492 e. The van der Waals surface area contributed by atoms with Crippen LogP contribution in [0.5, 0.6) is 5.75 Å². The molecule has 0 amide bonds. The van der Waals surface area contributed by atoms with Crippen LogP contribution in [0.4, 0.5) is 0 Å². The van der Waals surface area contributed by atoms with E-state index in [1.165, 1.54) is 83.5 Å². The Morgan fingerprint density at radius 1 is 0.861 bits per heavy atom. The van der Waals surface area contributed by atoms with Crippen LogP contribution in [0.25, 0.3) is 0 Å². The Labute approximate surface area is 220 Å². The lowest BCUT2D eigenvalue weighted by atomic mass is 9.70. The lowest BCUT2D eigenvalue weighted by Gasteiger charge is -2.37. The van der Waals surface area contributed by atoms with E-state index in [1.807, 2.05) is 0 Å². The number of carbonyl (C=O) groups excluding carboxylic acids is 1. The summed E-state index contributed by atoms with van der Waals surface area (Å²) in [6, 6.07) is 7.29. The van der Waals surface area contributed by atoms with Gasteiger partial charge in [0.15, 0.2) is 0 Å². The molecule has 0 heterocycles. The fourth-order valence-corrected chi connectivity index (χ4v) is 6.29. The molecule has 0 radical (unpaired) electrons. The minimum Gasteiger partial charge on any atom is -0.492 e. The summed E-state index contributed by atoms with van der Waals surface area (Å²) in [5.41, 5.74) is 0.859. The number of esters is 1. The molecule has 36 heavy (non-hydrogen) atoms. The SMILES string of the molecule is CCCCCCCOc1ccc(C(=O)OC2CCC(C3CCC(CCCCC)CC3)CC2)cc1C#N. The second-order valence-corrected chi connectivity index (χ2v) is 11.3. The Hall–Kier alpha value is -2.02. The van der Waals surface area contributed by atoms with Gasteiger partial charge in [-0.2, -0.15) is 5.26 Å². The number of ether oxygens (including phenoxy) is 2. The fraction of sp³-hybridized carbons (Fsp3) is 0.750. The van der Waals surface area contributed by atoms with Gasteiger partial charge in [-0.25, -0.2) is 4.79 Å². The lowest BCUT2D eigenvalue weighted by Crippen LogP contribution is -2.29. The van der Waals surface area contributed by atoms with E-state index in [2.05, 4.69) is 19.9 Å². The normalized spacial score (nSPS) is 24.1. The van der Waals surface area contributed by atoms with Crippen molar-refractivity contribution in [3.05, 3.63) is 29.3 Å². The van der Waals surface area contributed by atoms with Gasteiger partial charge >= 0.3 is 5.97 Å². The molecule has 0 aliphatic heterocycles. The molecule has 4 heteroatoms. The molecule has 0 unspecified atom stereocenters. The zero-order valence-corrected chi connectivity index (χ0v) is 22.9. The molecule has 0 atom stereocenters. The number of benzene rings is 1. The standard InChI is InChI=1S/C32H49NO3/c1-3-5-7-8-10-22-35-31-21-18-28(23-29(31)24-33)32(34)36-30-19-16-27(17-20-30)26-14-12-25(13-15-26)11-9-6-4-2/h18,21,23,25-27,30H,3-17,19-20,22H2,1-2H3. The van der Waals surface area contributed by atoms with Gasteiger partial charge in [-0.1, -0.05) is 78.1 Å². The molecule has 0 bridgehead atoms. The lowest BCUT2D eigenvalue weighted by molar-refractivity contribution is 0.0109. The van der Waals surface area contributed by atoms with E-state index in [0.29, 0.717) is 23.5 Å². The highest BCUT2D eigenvalue weighted by molar-refractivity contribution is 5.90. The topological polar surface area (TPSA) is 59.3 Å². The van der Waals surface area contributed by atoms with Crippen LogP contribution in [0.15, 0.2) is 18.2 Å². The van der Waals surface area contributed by atoms with Crippen molar-refractivity contribution >= 4 is 5.97 Å². The van der Waals surface area contributed by atoms with Crippen LogP contribution in [0, 0.1) is 29.1 Å². The van der Waals surface area contributed by atoms with Gasteiger partial charge in [0.25, 0.3) is 0 Å². The summed E-state index contributed by atoms with van der Waals surface area (Å²) in [5.74, 6) is 2.89. The molecule has 200 valence electrons. The Bertz CT molecular complexity index is 813. The first kappa shape index (κ1) is 28.5. The maximum absolute atomic E-state index is 12.8. The van der Waals surface area contributed by atoms with Gasteiger partial charge in [0.05, 0.1) is 17.7 Å². The molecule has 2 fully saturated rings. The summed E-state index contributed by atoms with van der Waals surface area (Å²) in [6.45, 7) is 5.09. The molecule has 2 aliphatic rings. The molecule has 2 saturated carbocycles. The smallest absolute Gasteiger partial charge is 0.338 e. The predicted octanol–water partition coefficient (Wildman–Crippen LogP) is 9.01. The molecular formula is C32H49NO3. The summed E-state index contributed by atoms with van der Waals surface area (Å²) >= 11 is 0. The monoisotopic (exact) mass is 495 g/mol. The van der Waals surface area contributed by atoms with E-state index < -0.39 is 0 Å². The zero-order chi connectivity index (χ0) is 25.6. The van der Waals surface area contributed by atoms with Crippen molar-refractivity contribution in [3.8, 4) is 11.8 Å². The second-order valence-electron chi connectivity index (χ2n) is 11.3. The molecule has 0 saturated heterocycles. The summed E-state index contributed by atoms with van der Waals surface area (Å²) in [5, 5.41) is 9.56. The van der Waals surface area contributed by atoms with Crippen molar-refractivity contribution < 1.29 is 14.3 Å². The molecule has 0 spiro atoms. The van der Waals surface area contributed by atoms with Crippen LogP contribution >= 0.6 is 0 Å². The second kappa shape index (κ2) is 16.0. The van der Waals surface area contributed by atoms with Gasteiger partial charge in [-0.15, -0.1) is 0 Å². The third kappa shape index (κ3) is 9.13. The van der Waals surface area contributed by atoms with Crippen LogP contribution < -0.4 is 4.74 Å². The minimum atomic E-state index is -0.311. The van der Waals surface area contributed by atoms with Gasteiger partial charge in [0.1, 0.15) is 17.9 Å². The van der Waals surface area contributed by atoms with E-state index >= 15 is 0 Å². The van der Waals surface area contributed by atoms with Gasteiger partial charge in [0.2, 0.25) is 0 Å². The molecular weight excluding hydrogens is 446 g/mol. The van der Waals surface area contributed by atoms with Gasteiger partial charge in [-0.3, -0.25) is 0 Å². The Kier molecular flexibility index (Phi) is 12.7. The van der Waals surface area contributed by atoms with Crippen LogP contribution in [0.3, 0.4) is 0 Å². The molecule has 3 rings (SSSR count). The quantitative estimate of drug-likeness (QED) is 0.191. The van der Waals surface area contributed by atoms with Crippen molar-refractivity contribution in [2.24, 2.45) is 17.8 Å². The predicted molar refractivity (Wildman–Crippen MR) is 146 cm³/mol. The summed E-state index contributed by atoms with van der Waals surface area (Å²) in [7, 11) is 0. The van der Waals surface area contributed by atoms with Crippen molar-refractivity contribution in [1.29, 1.82) is 5.26 Å². The van der Waals surface area contributed by atoms with Crippen molar-refractivity contribution in [2.45, 2.75) is 129 Å². The Morgan fingerprint density at radius 3 is 2.17 bits per heavy atom. The number of hydrogen-bond acceptors (Lipinski definition) is 4. The first-order chi connectivity index (χ1) is 17.6. The minimum absolute atomic E-state index is 0.00344. The number of nitrogens with zero attached hydrogens (tertiary/aromatic N) is 1. The average molecular weight is 496 g/mol. The van der Waals surface area contributed by atoms with Crippen LogP contribution in [0.1, 0.15) is 139 Å². The van der Waals surface area contributed by atoms with Gasteiger partial charge in [0, 0.05) is 0 Å². The highest BCUT2D eigenvalue weighted by atomic mass is 16.5. The van der Waals surface area contributed by atoms with Crippen LogP contribution in [-0.2, 0) is 4.74 Å². The van der Waals surface area contributed by atoms with Crippen molar-refractivity contribution in [1.82, 2.24) is 0 Å². The van der Waals surface area contributed by atoms with Crippen LogP contribution in [-0.4, -0.2) is 18.7 Å². The molecule has 4 nitrogen and oxygen atoms in total. The van der Waals surface area contributed by atoms with E-state index in [9.17, 15) is 10.1 Å². The van der Waals surface area contributed by atoms with Crippen LogP contribution in [0.2, 0.25) is 0 Å². The number of unbranched alkanes of at least 4 members (excludes halogenated alkanes) is 6. The summed E-state index contributed by atoms with van der Waals surface area (Å²) < 4.78 is 11.7. The molecule has 0 aromatic heterocycles. The maximum atomic E-state index is 12.8. The third-order valence-corrected chi connectivity index (χ3v) is 8.61. The maximum Gasteiger partial charge on any atom is 0.338 e. The zero-order valence-electron chi connectivity index (χ0n) is 22.9. The van der Waals surface area contributed by atoms with Gasteiger partial charge in [-0.05, 0) is 80.9 Å². The van der Waals surface area contributed by atoms with E-state index in [0.717, 1.165) is 43.4 Å². The van der Waals surface area contributed by atoms with E-state index in [4.69, 9.17) is 9.47 Å². The van der Waals surface area contributed by atoms with Crippen molar-refractivity contribution in [3.63, 3.8) is 0 Å². The fourth-order valence-electron chi connectivity index (χ4n) is 6.29. The first-order valence-corrected chi connectivity index (χ1v) is 15.0. The van der Waals surface area contributed by atoms with E-state index in [-0.39, 0.29) is 12.1 Å². The number of rotatable bonds is 14. The molecule has 1 aromatic rings. The highest BCUT2D eigenvalue weighted by Gasteiger charge is 2.32. The van der Waals surface area contributed by atoms with Crippen molar-refractivity contribution in [2.75, 3.05) is 6.61 Å². The first-order valence-electron chi connectivity index (χ1n) is 15.0. The Morgan fingerprint density at radius 2 is 1.50 bits per heavy atom. The number of carbonyl (C=O) groups is 1. The molecule has 1 aromatic carbocycles. The van der Waals surface area contributed by atoms with Gasteiger partial charge < -0.3 is 9.47 Å². The average Bonchev–Trinajstić information content (AvgIpc) is 2.91. The summed E-state index contributed by atoms with van der Waals surface area (Å²) in [4.78, 5) is 12.8. The third-order valence-electron chi connectivity index (χ3n) is 8.61. The molecule has 2 aliphatic carbocycles. The van der Waals surface area contributed by atoms with E-state index in [1.54, 1.807) is 18.2 Å². The highest BCUT2D eigenvalue weighted by Crippen LogP contribution is 2.41.